The lowest BCUT2D eigenvalue weighted by Gasteiger charge is -2.32. The fourth-order valence-corrected chi connectivity index (χ4v) is 2.85. The van der Waals surface area contributed by atoms with Crippen molar-refractivity contribution in [2.24, 2.45) is 5.73 Å². The van der Waals surface area contributed by atoms with Gasteiger partial charge >= 0.3 is 0 Å². The molecule has 0 radical (unpaired) electrons. The normalized spacial score (nSPS) is 27.4. The van der Waals surface area contributed by atoms with Gasteiger partial charge in [-0.3, -0.25) is 4.79 Å². The van der Waals surface area contributed by atoms with Gasteiger partial charge in [0, 0.05) is 13.1 Å². The first-order valence-corrected chi connectivity index (χ1v) is 6.86. The van der Waals surface area contributed by atoms with Gasteiger partial charge in [-0.2, -0.15) is 0 Å². The molecule has 15 heavy (non-hydrogen) atoms. The van der Waals surface area contributed by atoms with Crippen molar-refractivity contribution in [2.75, 3.05) is 18.8 Å². The third kappa shape index (κ3) is 2.69. The second-order valence-electron chi connectivity index (χ2n) is 3.98. The standard InChI is InChI=1S/C9H18N2O3S/c1-3-8(10)9(12)11-4-5-15(13,14)7(2)6-11/h7-8H,3-6,10H2,1-2H3/t7?,8-/m0/s1. The summed E-state index contributed by atoms with van der Waals surface area (Å²) in [5.74, 6) is -0.0877. The van der Waals surface area contributed by atoms with E-state index in [2.05, 4.69) is 0 Å². The molecule has 0 aromatic heterocycles. The number of hydrogen-bond donors (Lipinski definition) is 1. The zero-order chi connectivity index (χ0) is 11.6. The maximum Gasteiger partial charge on any atom is 0.239 e. The second kappa shape index (κ2) is 4.49. The topological polar surface area (TPSA) is 80.5 Å². The van der Waals surface area contributed by atoms with Crippen molar-refractivity contribution in [1.82, 2.24) is 4.90 Å². The Bertz CT molecular complexity index is 339. The van der Waals surface area contributed by atoms with Gasteiger partial charge in [0.05, 0.1) is 17.0 Å². The summed E-state index contributed by atoms with van der Waals surface area (Å²) in [4.78, 5) is 13.2. The minimum absolute atomic E-state index is 0.0519. The minimum atomic E-state index is -3.00. The van der Waals surface area contributed by atoms with Gasteiger partial charge in [0.15, 0.2) is 9.84 Å². The molecule has 1 aliphatic heterocycles. The molecule has 0 saturated carbocycles. The Balaban J connectivity index is 2.66. The molecule has 88 valence electrons. The van der Waals surface area contributed by atoms with Gasteiger partial charge in [-0.1, -0.05) is 6.92 Å². The minimum Gasteiger partial charge on any atom is -0.339 e. The van der Waals surface area contributed by atoms with Crippen molar-refractivity contribution >= 4 is 15.7 Å². The molecule has 0 bridgehead atoms. The Kier molecular flexibility index (Phi) is 3.72. The Morgan fingerprint density at radius 1 is 1.60 bits per heavy atom. The van der Waals surface area contributed by atoms with Crippen LogP contribution in [0.15, 0.2) is 0 Å². The number of hydrogen-bond acceptors (Lipinski definition) is 4. The summed E-state index contributed by atoms with van der Waals surface area (Å²) >= 11 is 0. The van der Waals surface area contributed by atoms with Gasteiger partial charge < -0.3 is 10.6 Å². The first-order valence-electron chi connectivity index (χ1n) is 5.14. The molecule has 5 nitrogen and oxygen atoms in total. The van der Waals surface area contributed by atoms with Crippen LogP contribution in [0.5, 0.6) is 0 Å². The first-order chi connectivity index (χ1) is 6.88. The Hall–Kier alpha value is -0.620. The summed E-state index contributed by atoms with van der Waals surface area (Å²) in [6, 6.07) is -0.502. The maximum absolute atomic E-state index is 11.7. The zero-order valence-corrected chi connectivity index (χ0v) is 9.96. The highest BCUT2D eigenvalue weighted by atomic mass is 32.2. The van der Waals surface area contributed by atoms with Crippen LogP contribution in [0.25, 0.3) is 0 Å². The highest BCUT2D eigenvalue weighted by Gasteiger charge is 2.32. The molecule has 2 N–H and O–H groups in total. The molecule has 1 heterocycles. The number of rotatable bonds is 2. The van der Waals surface area contributed by atoms with E-state index in [-0.39, 0.29) is 24.7 Å². The number of carbonyl (C=O) groups is 1. The Morgan fingerprint density at radius 2 is 2.20 bits per heavy atom. The van der Waals surface area contributed by atoms with Crippen molar-refractivity contribution in [3.05, 3.63) is 0 Å². The smallest absolute Gasteiger partial charge is 0.239 e. The van der Waals surface area contributed by atoms with Crippen LogP contribution < -0.4 is 5.73 Å². The molecule has 0 aliphatic carbocycles. The fourth-order valence-electron chi connectivity index (χ4n) is 1.56. The Morgan fingerprint density at radius 3 is 2.67 bits per heavy atom. The number of sulfone groups is 1. The van der Waals surface area contributed by atoms with E-state index >= 15 is 0 Å². The Labute approximate surface area is 90.5 Å². The van der Waals surface area contributed by atoms with Crippen LogP contribution in [0, 0.1) is 0 Å². The molecule has 1 aliphatic rings. The summed E-state index contributed by atoms with van der Waals surface area (Å²) in [6.45, 7) is 4.02. The fraction of sp³-hybridized carbons (Fsp3) is 0.889. The molecule has 1 unspecified atom stereocenters. The van der Waals surface area contributed by atoms with Crippen LogP contribution in [0.2, 0.25) is 0 Å². The number of carbonyl (C=O) groups excluding carboxylic acids is 1. The predicted octanol–water partition coefficient (Wildman–Crippen LogP) is -0.631. The average molecular weight is 234 g/mol. The lowest BCUT2D eigenvalue weighted by atomic mass is 10.2. The molecule has 6 heteroatoms. The van der Waals surface area contributed by atoms with E-state index in [0.717, 1.165) is 0 Å². The van der Waals surface area contributed by atoms with Gasteiger partial charge in [-0.15, -0.1) is 0 Å². The second-order valence-corrected chi connectivity index (χ2v) is 6.52. The van der Waals surface area contributed by atoms with Gasteiger partial charge in [0.2, 0.25) is 5.91 Å². The van der Waals surface area contributed by atoms with Crippen LogP contribution in [-0.4, -0.2) is 49.4 Å². The predicted molar refractivity (Wildman–Crippen MR) is 58.1 cm³/mol. The van der Waals surface area contributed by atoms with Crippen molar-refractivity contribution in [3.8, 4) is 0 Å². The van der Waals surface area contributed by atoms with Gasteiger partial charge in [0.25, 0.3) is 0 Å². The third-order valence-electron chi connectivity index (χ3n) is 2.80. The molecule has 0 aromatic rings. The van der Waals surface area contributed by atoms with Crippen molar-refractivity contribution in [2.45, 2.75) is 31.6 Å². The molecule has 0 spiro atoms. The van der Waals surface area contributed by atoms with Gasteiger partial charge in [0.1, 0.15) is 0 Å². The van der Waals surface area contributed by atoms with E-state index < -0.39 is 21.1 Å². The van der Waals surface area contributed by atoms with Crippen LogP contribution in [0.4, 0.5) is 0 Å². The van der Waals surface area contributed by atoms with E-state index in [1.54, 1.807) is 11.8 Å². The van der Waals surface area contributed by atoms with E-state index in [1.807, 2.05) is 6.92 Å². The van der Waals surface area contributed by atoms with E-state index in [0.29, 0.717) is 6.42 Å². The number of amides is 1. The molecule has 0 aromatic carbocycles. The molecule has 2 atom stereocenters. The molecule has 1 fully saturated rings. The van der Waals surface area contributed by atoms with E-state index in [4.69, 9.17) is 5.73 Å². The quantitative estimate of drug-likeness (QED) is 0.690. The van der Waals surface area contributed by atoms with Crippen molar-refractivity contribution in [3.63, 3.8) is 0 Å². The summed E-state index contributed by atoms with van der Waals surface area (Å²) < 4.78 is 22.8. The maximum atomic E-state index is 11.7. The molecular weight excluding hydrogens is 216 g/mol. The lowest BCUT2D eigenvalue weighted by Crippen LogP contribution is -2.52. The molecule has 1 rings (SSSR count). The van der Waals surface area contributed by atoms with Crippen molar-refractivity contribution < 1.29 is 13.2 Å². The van der Waals surface area contributed by atoms with Crippen LogP contribution in [-0.2, 0) is 14.6 Å². The molecular formula is C9H18N2O3S. The zero-order valence-electron chi connectivity index (χ0n) is 9.14. The van der Waals surface area contributed by atoms with Crippen LogP contribution in [0.1, 0.15) is 20.3 Å². The van der Waals surface area contributed by atoms with Gasteiger partial charge in [-0.05, 0) is 13.3 Å². The largest absolute Gasteiger partial charge is 0.339 e. The average Bonchev–Trinajstić information content (AvgIpc) is 2.20. The van der Waals surface area contributed by atoms with Crippen LogP contribution in [0.3, 0.4) is 0 Å². The lowest BCUT2D eigenvalue weighted by molar-refractivity contribution is -0.132. The SMILES string of the molecule is CC[C@H](N)C(=O)N1CCS(=O)(=O)C(C)C1. The molecule has 1 amide bonds. The summed E-state index contributed by atoms with van der Waals surface area (Å²) in [7, 11) is -3.00. The monoisotopic (exact) mass is 234 g/mol. The molecule has 1 saturated heterocycles. The summed E-state index contributed by atoms with van der Waals surface area (Å²) in [5.41, 5.74) is 5.62. The van der Waals surface area contributed by atoms with E-state index in [9.17, 15) is 13.2 Å². The van der Waals surface area contributed by atoms with E-state index in [1.165, 1.54) is 0 Å². The summed E-state index contributed by atoms with van der Waals surface area (Å²) in [6.07, 6.45) is 0.580. The first kappa shape index (κ1) is 12.4. The van der Waals surface area contributed by atoms with Crippen molar-refractivity contribution in [1.29, 1.82) is 0 Å². The highest BCUT2D eigenvalue weighted by molar-refractivity contribution is 7.92. The number of nitrogens with two attached hydrogens (primary N) is 1. The third-order valence-corrected chi connectivity index (χ3v) is 4.93. The van der Waals surface area contributed by atoms with Gasteiger partial charge in [-0.25, -0.2) is 8.42 Å². The van der Waals surface area contributed by atoms with Crippen LogP contribution >= 0.6 is 0 Å². The summed E-state index contributed by atoms with van der Waals surface area (Å²) in [5, 5.41) is -0.473. The highest BCUT2D eigenvalue weighted by Crippen LogP contribution is 2.12. The number of nitrogens with zero attached hydrogens (tertiary/aromatic N) is 1.